The molecule has 2 unspecified atom stereocenters. The zero-order chi connectivity index (χ0) is 10.2. The third-order valence-electron chi connectivity index (χ3n) is 3.46. The van der Waals surface area contributed by atoms with Crippen LogP contribution >= 0.6 is 0 Å². The van der Waals surface area contributed by atoms with Crippen LogP contribution in [0.2, 0.25) is 0 Å². The molecule has 0 aromatic rings. The van der Waals surface area contributed by atoms with Gasteiger partial charge in [0.05, 0.1) is 0 Å². The second-order valence-corrected chi connectivity index (χ2v) is 4.63. The lowest BCUT2D eigenvalue weighted by atomic mass is 9.88. The van der Waals surface area contributed by atoms with Gasteiger partial charge >= 0.3 is 0 Å². The molecular weight excluding hydrogens is 191 g/mol. The van der Waals surface area contributed by atoms with Crippen LogP contribution in [0.5, 0.6) is 0 Å². The van der Waals surface area contributed by atoms with Crippen molar-refractivity contribution in [2.24, 2.45) is 5.92 Å². The molecule has 1 saturated heterocycles. The van der Waals surface area contributed by atoms with Gasteiger partial charge in [-0.2, -0.15) is 0 Å². The van der Waals surface area contributed by atoms with Gasteiger partial charge in [-0.05, 0) is 32.2 Å². The molecule has 1 aliphatic heterocycles. The fraction of sp³-hybridized carbons (Fsp3) is 1.00. The molecule has 1 N–H and O–H groups in total. The van der Waals surface area contributed by atoms with Crippen molar-refractivity contribution in [2.45, 2.75) is 43.7 Å². The molecule has 1 saturated carbocycles. The van der Waals surface area contributed by atoms with E-state index in [0.29, 0.717) is 25.8 Å². The molecule has 1 heterocycles. The van der Waals surface area contributed by atoms with Gasteiger partial charge in [0.2, 0.25) is 0 Å². The number of alkyl halides is 3. The maximum atomic E-state index is 13.9. The number of nitrogens with one attached hydrogen (secondary N) is 1. The Bertz CT molecular complexity index is 211. The van der Waals surface area contributed by atoms with Gasteiger partial charge in [0.15, 0.2) is 0 Å². The van der Waals surface area contributed by atoms with Crippen LogP contribution in [0.4, 0.5) is 13.2 Å². The van der Waals surface area contributed by atoms with E-state index in [2.05, 4.69) is 5.32 Å². The minimum atomic E-state index is -2.62. The molecule has 2 rings (SSSR count). The number of hydrogen-bond acceptors (Lipinski definition) is 1. The Hall–Kier alpha value is -0.250. The first-order valence-corrected chi connectivity index (χ1v) is 5.29. The van der Waals surface area contributed by atoms with Crippen molar-refractivity contribution in [3.05, 3.63) is 0 Å². The van der Waals surface area contributed by atoms with Gasteiger partial charge in [-0.3, -0.25) is 0 Å². The Morgan fingerprint density at radius 3 is 2.50 bits per heavy atom. The molecule has 4 heteroatoms. The van der Waals surface area contributed by atoms with Crippen molar-refractivity contribution in [1.82, 2.24) is 5.32 Å². The summed E-state index contributed by atoms with van der Waals surface area (Å²) in [5, 5.41) is 2.89. The zero-order valence-corrected chi connectivity index (χ0v) is 8.16. The lowest BCUT2D eigenvalue weighted by Gasteiger charge is -2.26. The predicted octanol–water partition coefficient (Wildman–Crippen LogP) is 2.51. The first-order chi connectivity index (χ1) is 6.52. The van der Waals surface area contributed by atoms with Crippen LogP contribution in [0.3, 0.4) is 0 Å². The molecule has 0 aromatic carbocycles. The Balaban J connectivity index is 1.96. The second-order valence-electron chi connectivity index (χ2n) is 4.63. The van der Waals surface area contributed by atoms with Crippen molar-refractivity contribution in [3.8, 4) is 0 Å². The highest BCUT2D eigenvalue weighted by Gasteiger charge is 2.48. The molecule has 2 atom stereocenters. The van der Waals surface area contributed by atoms with Crippen molar-refractivity contribution in [2.75, 3.05) is 13.1 Å². The largest absolute Gasteiger partial charge is 0.313 e. The molecule has 14 heavy (non-hydrogen) atoms. The Labute approximate surface area is 82.1 Å². The van der Waals surface area contributed by atoms with Gasteiger partial charge in [0.1, 0.15) is 5.67 Å². The van der Waals surface area contributed by atoms with Gasteiger partial charge in [-0.15, -0.1) is 0 Å². The average Bonchev–Trinajstić information content (AvgIpc) is 2.61. The zero-order valence-electron chi connectivity index (χ0n) is 8.16. The molecule has 0 radical (unpaired) electrons. The fourth-order valence-corrected chi connectivity index (χ4v) is 2.58. The summed E-state index contributed by atoms with van der Waals surface area (Å²) in [6, 6.07) is 0. The lowest BCUT2D eigenvalue weighted by Crippen LogP contribution is -2.34. The molecule has 2 aliphatic rings. The van der Waals surface area contributed by atoms with E-state index in [0.717, 1.165) is 0 Å². The Kier molecular flexibility index (Phi) is 2.50. The molecule has 0 aromatic heterocycles. The lowest BCUT2D eigenvalue weighted by molar-refractivity contribution is -0.0556. The highest BCUT2D eigenvalue weighted by molar-refractivity contribution is 4.95. The van der Waals surface area contributed by atoms with Crippen LogP contribution in [0.25, 0.3) is 0 Å². The number of hydrogen-bond donors (Lipinski definition) is 1. The molecule has 0 amide bonds. The van der Waals surface area contributed by atoms with Crippen molar-refractivity contribution >= 4 is 0 Å². The molecule has 1 aliphatic carbocycles. The monoisotopic (exact) mass is 207 g/mol. The van der Waals surface area contributed by atoms with Crippen LogP contribution in [-0.2, 0) is 0 Å². The SMILES string of the molecule is FC1(CC2CCCC2(F)F)CCNC1. The quantitative estimate of drug-likeness (QED) is 0.733. The smallest absolute Gasteiger partial charge is 0.251 e. The summed E-state index contributed by atoms with van der Waals surface area (Å²) < 4.78 is 40.4. The van der Waals surface area contributed by atoms with Crippen LogP contribution in [0, 0.1) is 5.92 Å². The number of halogens is 3. The predicted molar refractivity (Wildman–Crippen MR) is 48.2 cm³/mol. The summed E-state index contributed by atoms with van der Waals surface area (Å²) in [4.78, 5) is 0. The summed E-state index contributed by atoms with van der Waals surface area (Å²) in [6.07, 6.45) is 1.40. The van der Waals surface area contributed by atoms with E-state index in [4.69, 9.17) is 0 Å². The third-order valence-corrected chi connectivity index (χ3v) is 3.46. The first-order valence-electron chi connectivity index (χ1n) is 5.29. The van der Waals surface area contributed by atoms with Gasteiger partial charge in [-0.1, -0.05) is 0 Å². The molecule has 2 fully saturated rings. The van der Waals surface area contributed by atoms with Gasteiger partial charge in [0.25, 0.3) is 5.92 Å². The maximum absolute atomic E-state index is 13.9. The van der Waals surface area contributed by atoms with Crippen molar-refractivity contribution in [3.63, 3.8) is 0 Å². The van der Waals surface area contributed by atoms with Crippen molar-refractivity contribution in [1.29, 1.82) is 0 Å². The Morgan fingerprint density at radius 1 is 1.21 bits per heavy atom. The van der Waals surface area contributed by atoms with Crippen molar-refractivity contribution < 1.29 is 13.2 Å². The molecule has 0 bridgehead atoms. The first kappa shape index (κ1) is 10.3. The van der Waals surface area contributed by atoms with E-state index in [-0.39, 0.29) is 19.4 Å². The average molecular weight is 207 g/mol. The van der Waals surface area contributed by atoms with Crippen LogP contribution < -0.4 is 5.32 Å². The van der Waals surface area contributed by atoms with E-state index in [1.807, 2.05) is 0 Å². The molecular formula is C10H16F3N. The van der Waals surface area contributed by atoms with E-state index in [1.54, 1.807) is 0 Å². The van der Waals surface area contributed by atoms with Crippen LogP contribution in [0.15, 0.2) is 0 Å². The molecule has 1 nitrogen and oxygen atoms in total. The van der Waals surface area contributed by atoms with E-state index in [1.165, 1.54) is 0 Å². The molecule has 82 valence electrons. The Morgan fingerprint density at radius 2 is 2.00 bits per heavy atom. The normalized spacial score (nSPS) is 41.8. The summed E-state index contributed by atoms with van der Waals surface area (Å²) in [5.41, 5.74) is -1.38. The highest BCUT2D eigenvalue weighted by atomic mass is 19.3. The van der Waals surface area contributed by atoms with Gasteiger partial charge in [0, 0.05) is 18.9 Å². The fourth-order valence-electron chi connectivity index (χ4n) is 2.58. The summed E-state index contributed by atoms with van der Waals surface area (Å²) in [6.45, 7) is 0.869. The minimum Gasteiger partial charge on any atom is -0.313 e. The summed E-state index contributed by atoms with van der Waals surface area (Å²) in [5.74, 6) is -3.35. The topological polar surface area (TPSA) is 12.0 Å². The minimum absolute atomic E-state index is 0.0347. The summed E-state index contributed by atoms with van der Waals surface area (Å²) >= 11 is 0. The van der Waals surface area contributed by atoms with E-state index >= 15 is 0 Å². The highest BCUT2D eigenvalue weighted by Crippen LogP contribution is 2.45. The van der Waals surface area contributed by atoms with Gasteiger partial charge < -0.3 is 5.32 Å². The second kappa shape index (κ2) is 3.40. The number of rotatable bonds is 2. The van der Waals surface area contributed by atoms with Gasteiger partial charge in [-0.25, -0.2) is 13.2 Å². The van der Waals surface area contributed by atoms with E-state index in [9.17, 15) is 13.2 Å². The summed E-state index contributed by atoms with van der Waals surface area (Å²) in [7, 11) is 0. The maximum Gasteiger partial charge on any atom is 0.251 e. The van der Waals surface area contributed by atoms with Crippen LogP contribution in [0.1, 0.15) is 32.1 Å². The van der Waals surface area contributed by atoms with E-state index < -0.39 is 17.5 Å². The molecule has 0 spiro atoms. The third kappa shape index (κ3) is 1.90. The standard InChI is InChI=1S/C10H16F3N/c11-9(4-5-14-7-9)6-8-2-1-3-10(8,12)13/h8,14H,1-7H2. The van der Waals surface area contributed by atoms with Crippen LogP contribution in [-0.4, -0.2) is 24.7 Å².